The van der Waals surface area contributed by atoms with Gasteiger partial charge in [-0.15, -0.1) is 0 Å². The van der Waals surface area contributed by atoms with Gasteiger partial charge in [-0.2, -0.15) is 0 Å². The van der Waals surface area contributed by atoms with Gasteiger partial charge in [0.15, 0.2) is 0 Å². The minimum absolute atomic E-state index is 0.0379. The van der Waals surface area contributed by atoms with Crippen molar-refractivity contribution in [2.24, 2.45) is 0 Å². The van der Waals surface area contributed by atoms with Gasteiger partial charge in [0.1, 0.15) is 23.9 Å². The molecule has 1 saturated heterocycles. The number of Topliss-reactive ketones (excluding diaryl/α,β-unsaturated/α-hetero) is 1. The van der Waals surface area contributed by atoms with Gasteiger partial charge in [0, 0.05) is 12.1 Å². The quantitative estimate of drug-likeness (QED) is 0.200. The molecule has 0 aliphatic carbocycles. The molecule has 1 amide bonds. The molecule has 0 aromatic heterocycles. The first-order valence-electron chi connectivity index (χ1n) is 11.4. The van der Waals surface area contributed by atoms with Gasteiger partial charge in [0.05, 0.1) is 18.2 Å². The van der Waals surface area contributed by atoms with E-state index in [1.165, 1.54) is 4.90 Å². The van der Waals surface area contributed by atoms with Crippen molar-refractivity contribution in [1.29, 1.82) is 0 Å². The highest BCUT2D eigenvalue weighted by Gasteiger charge is 2.46. The third-order valence-electron chi connectivity index (χ3n) is 5.72. The fourth-order valence-electron chi connectivity index (χ4n) is 4.13. The zero-order valence-corrected chi connectivity index (χ0v) is 19.5. The monoisotopic (exact) mass is 469 g/mol. The number of carbonyl (C=O) groups is 2. The molecule has 1 atom stereocenters. The van der Waals surface area contributed by atoms with Crippen LogP contribution in [0.3, 0.4) is 0 Å². The SMILES string of the molecule is C=CCOc1cccc([C@@H]2C(=C(O)c3ccc(OCC)cc3)C(=O)C(=O)N2Cc2ccccc2)c1. The van der Waals surface area contributed by atoms with E-state index in [0.717, 1.165) is 5.56 Å². The number of nitrogens with zero attached hydrogens (tertiary/aromatic N) is 1. The third kappa shape index (κ3) is 5.11. The predicted octanol–water partition coefficient (Wildman–Crippen LogP) is 5.27. The molecule has 0 bridgehead atoms. The number of rotatable bonds is 9. The van der Waals surface area contributed by atoms with E-state index < -0.39 is 17.7 Å². The smallest absolute Gasteiger partial charge is 0.295 e. The first kappa shape index (κ1) is 23.8. The van der Waals surface area contributed by atoms with Crippen LogP contribution in [0.2, 0.25) is 0 Å². The number of hydrogen-bond donors (Lipinski definition) is 1. The lowest BCUT2D eigenvalue weighted by molar-refractivity contribution is -0.140. The maximum atomic E-state index is 13.3. The summed E-state index contributed by atoms with van der Waals surface area (Å²) in [6.07, 6.45) is 1.64. The lowest BCUT2D eigenvalue weighted by Crippen LogP contribution is -2.29. The van der Waals surface area contributed by atoms with Crippen LogP contribution in [-0.2, 0) is 16.1 Å². The highest BCUT2D eigenvalue weighted by Crippen LogP contribution is 2.41. The number of benzene rings is 3. The minimum Gasteiger partial charge on any atom is -0.507 e. The molecule has 0 saturated carbocycles. The Balaban J connectivity index is 1.81. The second-order valence-corrected chi connectivity index (χ2v) is 8.04. The van der Waals surface area contributed by atoms with Crippen LogP contribution in [0.15, 0.2) is 97.1 Å². The summed E-state index contributed by atoms with van der Waals surface area (Å²) >= 11 is 0. The number of likely N-dealkylation sites (tertiary alicyclic amines) is 1. The van der Waals surface area contributed by atoms with Gasteiger partial charge in [0.2, 0.25) is 0 Å². The third-order valence-corrected chi connectivity index (χ3v) is 5.72. The Bertz CT molecular complexity index is 1250. The molecule has 35 heavy (non-hydrogen) atoms. The van der Waals surface area contributed by atoms with Crippen molar-refractivity contribution in [2.75, 3.05) is 13.2 Å². The highest BCUT2D eigenvalue weighted by atomic mass is 16.5. The molecular formula is C29H27NO5. The van der Waals surface area contributed by atoms with Crippen molar-refractivity contribution in [3.05, 3.63) is 114 Å². The van der Waals surface area contributed by atoms with Crippen LogP contribution >= 0.6 is 0 Å². The van der Waals surface area contributed by atoms with Gasteiger partial charge in [-0.1, -0.05) is 55.1 Å². The van der Waals surface area contributed by atoms with Crippen molar-refractivity contribution in [3.63, 3.8) is 0 Å². The number of ether oxygens (including phenoxy) is 2. The molecule has 3 aromatic rings. The van der Waals surface area contributed by atoms with Gasteiger partial charge in [0.25, 0.3) is 11.7 Å². The number of aliphatic hydroxyl groups excluding tert-OH is 1. The molecule has 3 aromatic carbocycles. The highest BCUT2D eigenvalue weighted by molar-refractivity contribution is 6.46. The van der Waals surface area contributed by atoms with Crippen molar-refractivity contribution < 1.29 is 24.2 Å². The molecule has 6 heteroatoms. The average Bonchev–Trinajstić information content (AvgIpc) is 3.13. The Morgan fingerprint density at radius 3 is 2.40 bits per heavy atom. The molecule has 0 spiro atoms. The van der Waals surface area contributed by atoms with Gasteiger partial charge in [-0.3, -0.25) is 9.59 Å². The summed E-state index contributed by atoms with van der Waals surface area (Å²) in [5.74, 6) is -0.395. The molecule has 1 aliphatic rings. The van der Waals surface area contributed by atoms with Crippen LogP contribution in [0.4, 0.5) is 0 Å². The zero-order chi connectivity index (χ0) is 24.8. The standard InChI is InChI=1S/C29H27NO5/c1-3-17-35-24-12-8-11-22(18-24)26-25(27(31)21-13-15-23(16-14-21)34-4-2)28(32)29(33)30(26)19-20-9-6-5-7-10-20/h3,5-16,18,26,31H,1,4,17,19H2,2H3/t26-/m1/s1. The van der Waals surface area contributed by atoms with E-state index in [4.69, 9.17) is 9.47 Å². The van der Waals surface area contributed by atoms with Crippen LogP contribution in [0, 0.1) is 0 Å². The van der Waals surface area contributed by atoms with Crippen LogP contribution in [-0.4, -0.2) is 34.9 Å². The number of hydrogen-bond acceptors (Lipinski definition) is 5. The van der Waals surface area contributed by atoms with E-state index in [2.05, 4.69) is 6.58 Å². The average molecular weight is 470 g/mol. The van der Waals surface area contributed by atoms with E-state index >= 15 is 0 Å². The Kier molecular flexibility index (Phi) is 7.31. The molecule has 6 nitrogen and oxygen atoms in total. The second kappa shape index (κ2) is 10.7. The first-order chi connectivity index (χ1) is 17.0. The molecule has 178 valence electrons. The Labute approximate surface area is 204 Å². The number of aliphatic hydroxyl groups is 1. The summed E-state index contributed by atoms with van der Waals surface area (Å²) in [6.45, 7) is 6.60. The van der Waals surface area contributed by atoms with Crippen molar-refractivity contribution in [2.45, 2.75) is 19.5 Å². The lowest BCUT2D eigenvalue weighted by Gasteiger charge is -2.26. The lowest BCUT2D eigenvalue weighted by atomic mass is 9.95. The van der Waals surface area contributed by atoms with Crippen LogP contribution < -0.4 is 9.47 Å². The number of carbonyl (C=O) groups excluding carboxylic acids is 2. The summed E-state index contributed by atoms with van der Waals surface area (Å²) in [7, 11) is 0. The summed E-state index contributed by atoms with van der Waals surface area (Å²) in [6, 6.07) is 22.6. The summed E-state index contributed by atoms with van der Waals surface area (Å²) in [4.78, 5) is 27.9. The summed E-state index contributed by atoms with van der Waals surface area (Å²) in [5, 5.41) is 11.3. The number of ketones is 1. The molecule has 1 fully saturated rings. The largest absolute Gasteiger partial charge is 0.507 e. The van der Waals surface area contributed by atoms with E-state index in [-0.39, 0.29) is 17.9 Å². The molecular weight excluding hydrogens is 442 g/mol. The fraction of sp³-hybridized carbons (Fsp3) is 0.172. The molecule has 1 N–H and O–H groups in total. The van der Waals surface area contributed by atoms with Gasteiger partial charge < -0.3 is 19.5 Å². The predicted molar refractivity (Wildman–Crippen MR) is 134 cm³/mol. The Morgan fingerprint density at radius 2 is 1.71 bits per heavy atom. The van der Waals surface area contributed by atoms with E-state index in [9.17, 15) is 14.7 Å². The van der Waals surface area contributed by atoms with E-state index in [1.54, 1.807) is 48.5 Å². The zero-order valence-electron chi connectivity index (χ0n) is 19.5. The molecule has 1 heterocycles. The maximum Gasteiger partial charge on any atom is 0.295 e. The van der Waals surface area contributed by atoms with Gasteiger partial charge >= 0.3 is 0 Å². The molecule has 4 rings (SSSR count). The topological polar surface area (TPSA) is 76.1 Å². The van der Waals surface area contributed by atoms with E-state index in [0.29, 0.717) is 35.8 Å². The molecule has 1 aliphatic heterocycles. The molecule has 0 unspecified atom stereocenters. The second-order valence-electron chi connectivity index (χ2n) is 8.04. The summed E-state index contributed by atoms with van der Waals surface area (Å²) in [5.41, 5.74) is 2.00. The molecule has 0 radical (unpaired) electrons. The van der Waals surface area contributed by atoms with Gasteiger partial charge in [-0.05, 0) is 54.4 Å². The maximum absolute atomic E-state index is 13.3. The first-order valence-corrected chi connectivity index (χ1v) is 11.4. The van der Waals surface area contributed by atoms with Crippen LogP contribution in [0.25, 0.3) is 5.76 Å². The van der Waals surface area contributed by atoms with Crippen molar-refractivity contribution in [3.8, 4) is 11.5 Å². The summed E-state index contributed by atoms with van der Waals surface area (Å²) < 4.78 is 11.2. The Hall–Kier alpha value is -4.32. The number of amides is 1. The van der Waals surface area contributed by atoms with Gasteiger partial charge in [-0.25, -0.2) is 0 Å². The van der Waals surface area contributed by atoms with Crippen molar-refractivity contribution >= 4 is 17.4 Å². The Morgan fingerprint density at radius 1 is 0.971 bits per heavy atom. The van der Waals surface area contributed by atoms with Crippen LogP contribution in [0.1, 0.15) is 29.7 Å². The van der Waals surface area contributed by atoms with Crippen LogP contribution in [0.5, 0.6) is 11.5 Å². The van der Waals surface area contributed by atoms with Crippen molar-refractivity contribution in [1.82, 2.24) is 4.90 Å². The normalized spacial score (nSPS) is 16.8. The van der Waals surface area contributed by atoms with E-state index in [1.807, 2.05) is 43.3 Å². The fourth-order valence-corrected chi connectivity index (χ4v) is 4.13. The minimum atomic E-state index is -0.783.